The summed E-state index contributed by atoms with van der Waals surface area (Å²) in [5.41, 5.74) is 6.56. The number of methoxy groups -OCH3 is 1. The molecule has 0 aliphatic rings. The number of benzene rings is 1. The molecule has 1 unspecified atom stereocenters. The number of nitro benzene ring substituents is 1. The molecule has 3 N–H and O–H groups in total. The second-order valence-electron chi connectivity index (χ2n) is 3.81. The van der Waals surface area contributed by atoms with Gasteiger partial charge in [0.05, 0.1) is 17.2 Å². The third kappa shape index (κ3) is 3.51. The van der Waals surface area contributed by atoms with Crippen LogP contribution in [0.15, 0.2) is 18.2 Å². The zero-order valence-corrected chi connectivity index (χ0v) is 10.2. The van der Waals surface area contributed by atoms with Gasteiger partial charge in [0.1, 0.15) is 6.04 Å². The van der Waals surface area contributed by atoms with Gasteiger partial charge in [-0.25, -0.2) is 0 Å². The summed E-state index contributed by atoms with van der Waals surface area (Å²) in [7, 11) is 1.44. The van der Waals surface area contributed by atoms with E-state index >= 15 is 0 Å². The molecule has 7 nitrogen and oxygen atoms in total. The number of nitro groups is 1. The fourth-order valence-corrected chi connectivity index (χ4v) is 1.34. The number of amides is 1. The van der Waals surface area contributed by atoms with Crippen LogP contribution in [0.25, 0.3) is 0 Å². The second kappa shape index (κ2) is 6.08. The Hall–Kier alpha value is -1.99. The number of nitrogens with two attached hydrogens (primary N) is 1. The van der Waals surface area contributed by atoms with E-state index in [1.165, 1.54) is 19.2 Å². The molecule has 0 saturated heterocycles. The van der Waals surface area contributed by atoms with E-state index in [1.807, 2.05) is 0 Å². The monoisotopic (exact) mass is 253 g/mol. The van der Waals surface area contributed by atoms with E-state index < -0.39 is 16.9 Å². The summed E-state index contributed by atoms with van der Waals surface area (Å²) in [4.78, 5) is 21.8. The highest BCUT2D eigenvalue weighted by atomic mass is 16.6. The van der Waals surface area contributed by atoms with Gasteiger partial charge in [0.2, 0.25) is 5.91 Å². The molecule has 7 heteroatoms. The number of nitrogens with one attached hydrogen (secondary N) is 1. The fraction of sp³-hybridized carbons (Fsp3) is 0.364. The number of hydrogen-bond acceptors (Lipinski definition) is 5. The first-order chi connectivity index (χ1) is 8.45. The predicted octanol–water partition coefficient (Wildman–Crippen LogP) is 0.815. The Labute approximate surface area is 104 Å². The van der Waals surface area contributed by atoms with Crippen LogP contribution in [0.3, 0.4) is 0 Å². The van der Waals surface area contributed by atoms with E-state index in [0.29, 0.717) is 5.69 Å². The first-order valence-electron chi connectivity index (χ1n) is 5.26. The van der Waals surface area contributed by atoms with Crippen molar-refractivity contribution < 1.29 is 14.5 Å². The number of non-ortho nitro benzene ring substituents is 1. The molecule has 1 aromatic rings. The molecule has 18 heavy (non-hydrogen) atoms. The van der Waals surface area contributed by atoms with Crippen LogP contribution in [0.1, 0.15) is 5.56 Å². The minimum Gasteiger partial charge on any atom is -0.383 e. The van der Waals surface area contributed by atoms with Crippen molar-refractivity contribution in [3.05, 3.63) is 33.9 Å². The summed E-state index contributed by atoms with van der Waals surface area (Å²) in [5, 5.41) is 13.2. The lowest BCUT2D eigenvalue weighted by Crippen LogP contribution is -2.39. The van der Waals surface area contributed by atoms with E-state index in [2.05, 4.69) is 5.32 Å². The average molecular weight is 253 g/mol. The quantitative estimate of drug-likeness (QED) is 0.596. The van der Waals surface area contributed by atoms with E-state index in [-0.39, 0.29) is 12.3 Å². The number of aryl methyl sites for hydroxylation is 1. The topological polar surface area (TPSA) is 107 Å². The lowest BCUT2D eigenvalue weighted by molar-refractivity contribution is -0.384. The minimum absolute atomic E-state index is 0.0831. The van der Waals surface area contributed by atoms with E-state index in [4.69, 9.17) is 10.5 Å². The molecule has 98 valence electrons. The Morgan fingerprint density at radius 3 is 2.83 bits per heavy atom. The zero-order valence-electron chi connectivity index (χ0n) is 10.2. The Kier molecular flexibility index (Phi) is 4.75. The van der Waals surface area contributed by atoms with Gasteiger partial charge in [0.15, 0.2) is 0 Å². The highest BCUT2D eigenvalue weighted by molar-refractivity contribution is 5.95. The van der Waals surface area contributed by atoms with Gasteiger partial charge in [-0.15, -0.1) is 0 Å². The van der Waals surface area contributed by atoms with Crippen molar-refractivity contribution in [2.24, 2.45) is 5.73 Å². The largest absolute Gasteiger partial charge is 0.383 e. The van der Waals surface area contributed by atoms with Gasteiger partial charge in [0, 0.05) is 19.2 Å². The SMILES string of the molecule is COCC(N)C(=O)Nc1cc([N+](=O)[O-])ccc1C. The number of rotatable bonds is 5. The number of anilines is 1. The Bertz CT molecular complexity index is 462. The van der Waals surface area contributed by atoms with Crippen LogP contribution in [0, 0.1) is 17.0 Å². The van der Waals surface area contributed by atoms with Gasteiger partial charge in [-0.2, -0.15) is 0 Å². The Balaban J connectivity index is 2.86. The number of nitrogens with zero attached hydrogens (tertiary/aromatic N) is 1. The summed E-state index contributed by atoms with van der Waals surface area (Å²) in [6, 6.07) is 3.43. The summed E-state index contributed by atoms with van der Waals surface area (Å²) in [6.07, 6.45) is 0. The maximum atomic E-state index is 11.6. The average Bonchev–Trinajstić information content (AvgIpc) is 2.31. The lowest BCUT2D eigenvalue weighted by Gasteiger charge is -2.12. The lowest BCUT2D eigenvalue weighted by atomic mass is 10.1. The van der Waals surface area contributed by atoms with Crippen molar-refractivity contribution in [3.8, 4) is 0 Å². The van der Waals surface area contributed by atoms with Gasteiger partial charge in [0.25, 0.3) is 5.69 Å². The van der Waals surface area contributed by atoms with Gasteiger partial charge < -0.3 is 15.8 Å². The number of hydrogen-bond donors (Lipinski definition) is 2. The predicted molar refractivity (Wildman–Crippen MR) is 66.3 cm³/mol. The van der Waals surface area contributed by atoms with Crippen LogP contribution < -0.4 is 11.1 Å². The van der Waals surface area contributed by atoms with Crippen molar-refractivity contribution in [3.63, 3.8) is 0 Å². The fourth-order valence-electron chi connectivity index (χ4n) is 1.34. The van der Waals surface area contributed by atoms with Crippen molar-refractivity contribution in [1.29, 1.82) is 0 Å². The van der Waals surface area contributed by atoms with E-state index in [9.17, 15) is 14.9 Å². The highest BCUT2D eigenvalue weighted by Gasteiger charge is 2.16. The van der Waals surface area contributed by atoms with E-state index in [0.717, 1.165) is 5.56 Å². The third-order valence-corrected chi connectivity index (χ3v) is 2.37. The van der Waals surface area contributed by atoms with Crippen LogP contribution in [-0.2, 0) is 9.53 Å². The third-order valence-electron chi connectivity index (χ3n) is 2.37. The number of ether oxygens (including phenoxy) is 1. The Morgan fingerprint density at radius 1 is 1.61 bits per heavy atom. The highest BCUT2D eigenvalue weighted by Crippen LogP contribution is 2.21. The normalized spacial score (nSPS) is 11.9. The summed E-state index contributed by atoms with van der Waals surface area (Å²) >= 11 is 0. The van der Waals surface area contributed by atoms with E-state index in [1.54, 1.807) is 13.0 Å². The summed E-state index contributed by atoms with van der Waals surface area (Å²) in [5.74, 6) is -0.444. The van der Waals surface area contributed by atoms with Crippen LogP contribution in [0.2, 0.25) is 0 Å². The maximum absolute atomic E-state index is 11.6. The van der Waals surface area contributed by atoms with Crippen LogP contribution in [-0.4, -0.2) is 30.6 Å². The van der Waals surface area contributed by atoms with Crippen LogP contribution in [0.4, 0.5) is 11.4 Å². The molecule has 0 aliphatic heterocycles. The second-order valence-corrected chi connectivity index (χ2v) is 3.81. The smallest absolute Gasteiger partial charge is 0.271 e. The van der Waals surface area contributed by atoms with Gasteiger partial charge >= 0.3 is 0 Å². The van der Waals surface area contributed by atoms with Crippen LogP contribution in [0.5, 0.6) is 0 Å². The van der Waals surface area contributed by atoms with Crippen LogP contribution >= 0.6 is 0 Å². The molecular formula is C11H15N3O4. The van der Waals surface area contributed by atoms with Crippen molar-refractivity contribution in [2.45, 2.75) is 13.0 Å². The molecule has 0 spiro atoms. The number of carbonyl (C=O) groups is 1. The summed E-state index contributed by atoms with van der Waals surface area (Å²) in [6.45, 7) is 1.82. The molecule has 1 aromatic carbocycles. The van der Waals surface area contributed by atoms with Crippen molar-refractivity contribution in [2.75, 3.05) is 19.0 Å². The molecule has 0 heterocycles. The zero-order chi connectivity index (χ0) is 13.7. The first kappa shape index (κ1) is 14.1. The maximum Gasteiger partial charge on any atom is 0.271 e. The standard InChI is InChI=1S/C11H15N3O4/c1-7-3-4-8(14(16)17)5-10(7)13-11(15)9(12)6-18-2/h3-5,9H,6,12H2,1-2H3,(H,13,15). The van der Waals surface area contributed by atoms with Gasteiger partial charge in [-0.3, -0.25) is 14.9 Å². The molecule has 0 radical (unpaired) electrons. The minimum atomic E-state index is -0.811. The molecule has 0 bridgehead atoms. The number of carbonyl (C=O) groups excluding carboxylic acids is 1. The summed E-state index contributed by atoms with van der Waals surface area (Å²) < 4.78 is 4.76. The molecule has 0 aliphatic carbocycles. The van der Waals surface area contributed by atoms with Crippen molar-refractivity contribution in [1.82, 2.24) is 0 Å². The molecular weight excluding hydrogens is 238 g/mol. The molecule has 0 fully saturated rings. The Morgan fingerprint density at radius 2 is 2.28 bits per heavy atom. The molecule has 0 saturated carbocycles. The molecule has 1 atom stereocenters. The molecule has 1 rings (SSSR count). The van der Waals surface area contributed by atoms with Gasteiger partial charge in [-0.1, -0.05) is 6.07 Å². The van der Waals surface area contributed by atoms with Gasteiger partial charge in [-0.05, 0) is 12.5 Å². The van der Waals surface area contributed by atoms with Crippen molar-refractivity contribution >= 4 is 17.3 Å². The molecule has 0 aromatic heterocycles. The first-order valence-corrected chi connectivity index (χ1v) is 5.26. The molecule has 1 amide bonds.